The molecule has 108 valence electrons. The minimum Gasteiger partial charge on any atom is -0.376 e. The summed E-state index contributed by atoms with van der Waals surface area (Å²) in [5, 5.41) is 5.81. The molecule has 2 rings (SSSR count). The minimum atomic E-state index is -0.474. The van der Waals surface area contributed by atoms with E-state index in [4.69, 9.17) is 5.73 Å². The quantitative estimate of drug-likeness (QED) is 0.680. The lowest BCUT2D eigenvalue weighted by Gasteiger charge is -2.09. The Morgan fingerprint density at radius 1 is 1.05 bits per heavy atom. The zero-order valence-corrected chi connectivity index (χ0v) is 13.3. The molecule has 0 aromatic heterocycles. The summed E-state index contributed by atoms with van der Waals surface area (Å²) in [7, 11) is 0. The molecule has 0 bridgehead atoms. The lowest BCUT2D eigenvalue weighted by Crippen LogP contribution is -2.22. The van der Waals surface area contributed by atoms with Crippen LogP contribution < -0.4 is 16.4 Å². The highest BCUT2D eigenvalue weighted by Crippen LogP contribution is 2.16. The maximum Gasteiger partial charge on any atom is 0.248 e. The largest absolute Gasteiger partial charge is 0.376 e. The summed E-state index contributed by atoms with van der Waals surface area (Å²) in [6.07, 6.45) is 0. The predicted octanol–water partition coefficient (Wildman–Crippen LogP) is 2.44. The number of para-hydroxylation sites is 1. The highest BCUT2D eigenvalue weighted by Gasteiger charge is 2.05. The van der Waals surface area contributed by atoms with Crippen LogP contribution in [0.2, 0.25) is 0 Å². The highest BCUT2D eigenvalue weighted by atomic mass is 127. The van der Waals surface area contributed by atoms with Gasteiger partial charge in [-0.1, -0.05) is 12.1 Å². The van der Waals surface area contributed by atoms with Crippen LogP contribution >= 0.6 is 22.6 Å². The topological polar surface area (TPSA) is 84.2 Å². The number of hydrogen-bond donors (Lipinski definition) is 3. The van der Waals surface area contributed by atoms with Crippen LogP contribution in [0.15, 0.2) is 48.5 Å². The number of hydrogen-bond acceptors (Lipinski definition) is 3. The summed E-state index contributed by atoms with van der Waals surface area (Å²) in [6.45, 7) is 0.140. The molecule has 0 saturated heterocycles. The maximum absolute atomic E-state index is 11.9. The molecule has 6 heteroatoms. The Bertz CT molecular complexity index is 656. The van der Waals surface area contributed by atoms with E-state index in [1.165, 1.54) is 0 Å². The van der Waals surface area contributed by atoms with Crippen LogP contribution in [0.5, 0.6) is 0 Å². The summed E-state index contributed by atoms with van der Waals surface area (Å²) >= 11 is 2.16. The molecule has 0 aliphatic heterocycles. The molecular formula is C15H14IN3O2. The molecule has 0 radical (unpaired) electrons. The number of amides is 2. The molecule has 0 saturated carbocycles. The Balaban J connectivity index is 1.89. The number of benzene rings is 2. The second-order valence-corrected chi connectivity index (χ2v) is 5.49. The van der Waals surface area contributed by atoms with E-state index in [1.807, 2.05) is 24.3 Å². The summed E-state index contributed by atoms with van der Waals surface area (Å²) < 4.78 is 0.981. The fourth-order valence-corrected chi connectivity index (χ4v) is 2.21. The van der Waals surface area contributed by atoms with Gasteiger partial charge in [0.05, 0.1) is 12.2 Å². The summed E-state index contributed by atoms with van der Waals surface area (Å²) in [5.41, 5.74) is 7.13. The van der Waals surface area contributed by atoms with Gasteiger partial charge in [-0.25, -0.2) is 0 Å². The molecule has 2 amide bonds. The van der Waals surface area contributed by atoms with Gasteiger partial charge in [0.2, 0.25) is 11.8 Å². The summed E-state index contributed by atoms with van der Waals surface area (Å²) in [6, 6.07) is 14.2. The first-order chi connectivity index (χ1) is 10.1. The van der Waals surface area contributed by atoms with Gasteiger partial charge in [0.1, 0.15) is 0 Å². The monoisotopic (exact) mass is 395 g/mol. The van der Waals surface area contributed by atoms with Crippen LogP contribution in [0.4, 0.5) is 11.4 Å². The third kappa shape index (κ3) is 4.45. The molecule has 5 nitrogen and oxygen atoms in total. The highest BCUT2D eigenvalue weighted by molar-refractivity contribution is 14.1. The number of nitrogens with one attached hydrogen (secondary N) is 2. The third-order valence-corrected chi connectivity index (χ3v) is 3.71. The first-order valence-corrected chi connectivity index (χ1v) is 7.32. The van der Waals surface area contributed by atoms with Gasteiger partial charge in [-0.3, -0.25) is 9.59 Å². The van der Waals surface area contributed by atoms with Crippen LogP contribution in [0.3, 0.4) is 0 Å². The Morgan fingerprint density at radius 3 is 2.33 bits per heavy atom. The van der Waals surface area contributed by atoms with Crippen LogP contribution in [0.1, 0.15) is 10.4 Å². The zero-order valence-electron chi connectivity index (χ0n) is 11.1. The maximum atomic E-state index is 11.9. The Kier molecular flexibility index (Phi) is 5.15. The minimum absolute atomic E-state index is 0.140. The van der Waals surface area contributed by atoms with Gasteiger partial charge in [-0.2, -0.15) is 0 Å². The van der Waals surface area contributed by atoms with Crippen LogP contribution in [-0.2, 0) is 4.79 Å². The zero-order chi connectivity index (χ0) is 15.2. The standard InChI is InChI=1S/C15H14IN3O2/c16-12-3-1-2-4-13(12)19-14(20)9-18-11-7-5-10(6-8-11)15(17)21/h1-8,18H,9H2,(H2,17,21)(H,19,20). The fraction of sp³-hybridized carbons (Fsp3) is 0.0667. The van der Waals surface area contributed by atoms with E-state index in [1.54, 1.807) is 24.3 Å². The van der Waals surface area contributed by atoms with Gasteiger partial charge in [0.15, 0.2) is 0 Å². The molecule has 4 N–H and O–H groups in total. The van der Waals surface area contributed by atoms with E-state index < -0.39 is 5.91 Å². The van der Waals surface area contributed by atoms with Crippen molar-refractivity contribution in [2.45, 2.75) is 0 Å². The average Bonchev–Trinajstić information content (AvgIpc) is 2.48. The lowest BCUT2D eigenvalue weighted by molar-refractivity contribution is -0.114. The molecule has 0 aliphatic rings. The molecule has 0 spiro atoms. The van der Waals surface area contributed by atoms with Gasteiger partial charge < -0.3 is 16.4 Å². The van der Waals surface area contributed by atoms with Crippen molar-refractivity contribution in [1.29, 1.82) is 0 Å². The van der Waals surface area contributed by atoms with E-state index in [0.29, 0.717) is 5.56 Å². The van der Waals surface area contributed by atoms with Gasteiger partial charge in [-0.05, 0) is 59.0 Å². The van der Waals surface area contributed by atoms with Gasteiger partial charge in [0.25, 0.3) is 0 Å². The number of halogens is 1. The fourth-order valence-electron chi connectivity index (χ4n) is 1.69. The van der Waals surface area contributed by atoms with Gasteiger partial charge in [0, 0.05) is 14.8 Å². The average molecular weight is 395 g/mol. The summed E-state index contributed by atoms with van der Waals surface area (Å²) in [4.78, 5) is 22.8. The second-order valence-electron chi connectivity index (χ2n) is 4.32. The van der Waals surface area contributed by atoms with Crippen molar-refractivity contribution in [3.8, 4) is 0 Å². The van der Waals surface area contributed by atoms with Crippen LogP contribution in [-0.4, -0.2) is 18.4 Å². The van der Waals surface area contributed by atoms with Crippen molar-refractivity contribution < 1.29 is 9.59 Å². The molecule has 0 unspecified atom stereocenters. The smallest absolute Gasteiger partial charge is 0.248 e. The van der Waals surface area contributed by atoms with Crippen molar-refractivity contribution in [3.63, 3.8) is 0 Å². The van der Waals surface area contributed by atoms with Crippen molar-refractivity contribution in [2.24, 2.45) is 5.73 Å². The first kappa shape index (κ1) is 15.3. The number of carbonyl (C=O) groups is 2. The van der Waals surface area contributed by atoms with Crippen LogP contribution in [0.25, 0.3) is 0 Å². The molecule has 0 fully saturated rings. The van der Waals surface area contributed by atoms with E-state index in [-0.39, 0.29) is 12.5 Å². The van der Waals surface area contributed by atoms with Crippen molar-refractivity contribution in [3.05, 3.63) is 57.7 Å². The number of primary amides is 1. The van der Waals surface area contributed by atoms with Crippen molar-refractivity contribution >= 4 is 45.8 Å². The number of carbonyl (C=O) groups excluding carboxylic acids is 2. The Morgan fingerprint density at radius 2 is 1.71 bits per heavy atom. The molecule has 0 aliphatic carbocycles. The van der Waals surface area contributed by atoms with Gasteiger partial charge >= 0.3 is 0 Å². The molecule has 0 atom stereocenters. The molecule has 21 heavy (non-hydrogen) atoms. The first-order valence-electron chi connectivity index (χ1n) is 6.24. The van der Waals surface area contributed by atoms with E-state index in [2.05, 4.69) is 33.2 Å². The van der Waals surface area contributed by atoms with E-state index in [0.717, 1.165) is 14.9 Å². The molecule has 2 aromatic rings. The second kappa shape index (κ2) is 7.07. The number of nitrogens with two attached hydrogens (primary N) is 1. The van der Waals surface area contributed by atoms with E-state index >= 15 is 0 Å². The van der Waals surface area contributed by atoms with Crippen molar-refractivity contribution in [2.75, 3.05) is 17.2 Å². The van der Waals surface area contributed by atoms with E-state index in [9.17, 15) is 9.59 Å². The van der Waals surface area contributed by atoms with Crippen LogP contribution in [0, 0.1) is 3.57 Å². The SMILES string of the molecule is NC(=O)c1ccc(NCC(=O)Nc2ccccc2I)cc1. The predicted molar refractivity (Wildman–Crippen MR) is 91.2 cm³/mol. The molecule has 2 aromatic carbocycles. The molecule has 0 heterocycles. The normalized spacial score (nSPS) is 9.95. The van der Waals surface area contributed by atoms with Gasteiger partial charge in [-0.15, -0.1) is 0 Å². The molecular weight excluding hydrogens is 381 g/mol. The van der Waals surface area contributed by atoms with Crippen molar-refractivity contribution in [1.82, 2.24) is 0 Å². The third-order valence-electron chi connectivity index (χ3n) is 2.77. The Labute approximate surface area is 136 Å². The Hall–Kier alpha value is -2.09. The number of rotatable bonds is 5. The lowest BCUT2D eigenvalue weighted by atomic mass is 10.2. The number of anilines is 2. The summed E-state index contributed by atoms with van der Waals surface area (Å²) in [5.74, 6) is -0.615.